The maximum Gasteiger partial charge on any atom is 0.314 e. The van der Waals surface area contributed by atoms with Crippen LogP contribution in [-0.4, -0.2) is 54.8 Å². The third kappa shape index (κ3) is 3.02. The Morgan fingerprint density at radius 2 is 1.92 bits per heavy atom. The van der Waals surface area contributed by atoms with Gasteiger partial charge in [0, 0.05) is 39.1 Å². The van der Waals surface area contributed by atoms with Gasteiger partial charge in [0.1, 0.15) is 0 Å². The first kappa shape index (κ1) is 9.98. The lowest BCUT2D eigenvalue weighted by atomic mass is 10.3. The largest absolute Gasteiger partial charge is 0.351 e. The Bertz CT molecular complexity index is 188. The van der Waals surface area contributed by atoms with Crippen molar-refractivity contribution in [1.29, 1.82) is 0 Å². The molecule has 0 aliphatic carbocycles. The smallest absolute Gasteiger partial charge is 0.314 e. The first-order valence-electron chi connectivity index (χ1n) is 4.36. The molecule has 2 amide bonds. The van der Waals surface area contributed by atoms with Crippen LogP contribution in [-0.2, 0) is 4.79 Å². The van der Waals surface area contributed by atoms with E-state index >= 15 is 0 Å². The van der Waals surface area contributed by atoms with Gasteiger partial charge in [-0.3, -0.25) is 9.69 Å². The van der Waals surface area contributed by atoms with E-state index in [1.54, 1.807) is 4.90 Å². The van der Waals surface area contributed by atoms with Crippen LogP contribution in [0, 0.1) is 0 Å². The third-order valence-corrected chi connectivity index (χ3v) is 2.21. The fourth-order valence-corrected chi connectivity index (χ4v) is 1.40. The molecule has 1 heterocycles. The van der Waals surface area contributed by atoms with Crippen molar-refractivity contribution in [3.63, 3.8) is 0 Å². The van der Waals surface area contributed by atoms with Gasteiger partial charge in [0.2, 0.25) is 0 Å². The summed E-state index contributed by atoms with van der Waals surface area (Å²) in [6.07, 6.45) is 2.29. The number of rotatable bonds is 3. The molecule has 1 fully saturated rings. The van der Waals surface area contributed by atoms with Crippen LogP contribution in [0.4, 0.5) is 4.79 Å². The van der Waals surface area contributed by atoms with E-state index in [-0.39, 0.29) is 6.03 Å². The Hall–Kier alpha value is -1.10. The van der Waals surface area contributed by atoms with Gasteiger partial charge in [-0.2, -0.15) is 0 Å². The molecule has 0 bridgehead atoms. The minimum Gasteiger partial charge on any atom is -0.351 e. The van der Waals surface area contributed by atoms with Crippen LogP contribution in [0.15, 0.2) is 0 Å². The second kappa shape index (κ2) is 4.81. The van der Waals surface area contributed by atoms with E-state index in [1.807, 2.05) is 6.29 Å². The third-order valence-electron chi connectivity index (χ3n) is 2.21. The van der Waals surface area contributed by atoms with Gasteiger partial charge < -0.3 is 10.6 Å². The number of carbonyl (C=O) groups excluding carboxylic acids is 2. The average Bonchev–Trinajstić information content (AvgIpc) is 2.15. The molecule has 0 aromatic rings. The van der Waals surface area contributed by atoms with Gasteiger partial charge >= 0.3 is 6.03 Å². The number of piperazine rings is 1. The number of urea groups is 1. The molecule has 1 radical (unpaired) electrons. The zero-order valence-electron chi connectivity index (χ0n) is 7.53. The Balaban J connectivity index is 2.22. The summed E-state index contributed by atoms with van der Waals surface area (Å²) in [5.74, 6) is 0. The number of nitrogens with zero attached hydrogens (tertiary/aromatic N) is 2. The molecule has 1 saturated heterocycles. The van der Waals surface area contributed by atoms with Crippen LogP contribution in [0.2, 0.25) is 0 Å². The summed E-state index contributed by atoms with van der Waals surface area (Å²) in [7, 11) is 0. The Morgan fingerprint density at radius 1 is 1.31 bits per heavy atom. The van der Waals surface area contributed by atoms with E-state index in [1.165, 1.54) is 0 Å². The topological polar surface area (TPSA) is 66.6 Å². The summed E-state index contributed by atoms with van der Waals surface area (Å²) in [6.45, 7) is 3.65. The molecule has 0 aromatic carbocycles. The standard InChI is InChI=1S/C8H14N3O2/c9-8(13)11-5-3-10(4-6-11)2-1-7-12/h1-6H2,(H2,9,13). The lowest BCUT2D eigenvalue weighted by molar-refractivity contribution is 0.147. The molecule has 5 heteroatoms. The monoisotopic (exact) mass is 184 g/mol. The highest BCUT2D eigenvalue weighted by atomic mass is 16.2. The van der Waals surface area contributed by atoms with E-state index in [2.05, 4.69) is 4.90 Å². The molecular formula is C8H14N3O2. The van der Waals surface area contributed by atoms with Crippen molar-refractivity contribution in [3.8, 4) is 0 Å². The Kier molecular flexibility index (Phi) is 3.70. The number of nitrogens with two attached hydrogens (primary N) is 1. The maximum absolute atomic E-state index is 10.7. The van der Waals surface area contributed by atoms with E-state index in [0.717, 1.165) is 19.6 Å². The predicted octanol–water partition coefficient (Wildman–Crippen LogP) is -0.817. The molecule has 0 atom stereocenters. The van der Waals surface area contributed by atoms with Gasteiger partial charge in [-0.05, 0) is 0 Å². The minimum atomic E-state index is -0.360. The van der Waals surface area contributed by atoms with Crippen molar-refractivity contribution >= 4 is 12.3 Å². The summed E-state index contributed by atoms with van der Waals surface area (Å²) in [5.41, 5.74) is 5.12. The fourth-order valence-electron chi connectivity index (χ4n) is 1.40. The van der Waals surface area contributed by atoms with Gasteiger partial charge in [0.15, 0.2) is 6.29 Å². The number of hydrogen-bond donors (Lipinski definition) is 1. The summed E-state index contributed by atoms with van der Waals surface area (Å²) in [4.78, 5) is 24.5. The number of primary amides is 1. The molecule has 0 saturated carbocycles. The van der Waals surface area contributed by atoms with Crippen LogP contribution in [0.1, 0.15) is 6.42 Å². The van der Waals surface area contributed by atoms with Gasteiger partial charge in [0.25, 0.3) is 0 Å². The maximum atomic E-state index is 10.7. The van der Waals surface area contributed by atoms with Crippen LogP contribution >= 0.6 is 0 Å². The number of amides is 2. The zero-order valence-corrected chi connectivity index (χ0v) is 7.53. The number of carbonyl (C=O) groups is 1. The molecule has 1 aliphatic rings. The van der Waals surface area contributed by atoms with Crippen molar-refractivity contribution in [3.05, 3.63) is 0 Å². The van der Waals surface area contributed by atoms with Gasteiger partial charge in [0.05, 0.1) is 0 Å². The van der Waals surface area contributed by atoms with Gasteiger partial charge in [-0.1, -0.05) is 0 Å². The second-order valence-electron chi connectivity index (χ2n) is 3.06. The molecule has 0 unspecified atom stereocenters. The quantitative estimate of drug-likeness (QED) is 0.623. The van der Waals surface area contributed by atoms with Crippen molar-refractivity contribution in [1.82, 2.24) is 9.80 Å². The highest BCUT2D eigenvalue weighted by molar-refractivity contribution is 5.72. The first-order chi connectivity index (χ1) is 6.24. The lowest BCUT2D eigenvalue weighted by Gasteiger charge is -2.33. The van der Waals surface area contributed by atoms with Crippen LogP contribution in [0.5, 0.6) is 0 Å². The van der Waals surface area contributed by atoms with E-state index < -0.39 is 0 Å². The number of hydrogen-bond acceptors (Lipinski definition) is 3. The molecule has 1 aliphatic heterocycles. The lowest BCUT2D eigenvalue weighted by Crippen LogP contribution is -2.50. The average molecular weight is 184 g/mol. The molecule has 1 rings (SSSR count). The summed E-state index contributed by atoms with van der Waals surface area (Å²) < 4.78 is 0. The van der Waals surface area contributed by atoms with Crippen molar-refractivity contribution in [2.75, 3.05) is 32.7 Å². The highest BCUT2D eigenvalue weighted by Crippen LogP contribution is 2.00. The second-order valence-corrected chi connectivity index (χ2v) is 3.06. The fraction of sp³-hybridized carbons (Fsp3) is 0.750. The minimum absolute atomic E-state index is 0.360. The molecule has 73 valence electrons. The first-order valence-corrected chi connectivity index (χ1v) is 4.36. The summed E-state index contributed by atoms with van der Waals surface area (Å²) in [5, 5.41) is 0. The van der Waals surface area contributed by atoms with Crippen LogP contribution in [0.25, 0.3) is 0 Å². The van der Waals surface area contributed by atoms with Gasteiger partial charge in [-0.15, -0.1) is 0 Å². The molecule has 2 N–H and O–H groups in total. The molecule has 13 heavy (non-hydrogen) atoms. The van der Waals surface area contributed by atoms with E-state index in [4.69, 9.17) is 5.73 Å². The SMILES string of the molecule is NC(=O)N1CCN(CC[C]=O)CC1. The predicted molar refractivity (Wildman–Crippen MR) is 47.9 cm³/mol. The van der Waals surface area contributed by atoms with Crippen molar-refractivity contribution < 1.29 is 9.59 Å². The Morgan fingerprint density at radius 3 is 2.38 bits per heavy atom. The van der Waals surface area contributed by atoms with E-state index in [9.17, 15) is 9.59 Å². The van der Waals surface area contributed by atoms with Gasteiger partial charge in [-0.25, -0.2) is 4.79 Å². The molecule has 5 nitrogen and oxygen atoms in total. The molecular weight excluding hydrogens is 170 g/mol. The normalized spacial score (nSPS) is 18.6. The molecule has 0 aromatic heterocycles. The van der Waals surface area contributed by atoms with Crippen LogP contribution < -0.4 is 5.73 Å². The highest BCUT2D eigenvalue weighted by Gasteiger charge is 2.18. The van der Waals surface area contributed by atoms with Crippen molar-refractivity contribution in [2.45, 2.75) is 6.42 Å². The molecule has 0 spiro atoms. The van der Waals surface area contributed by atoms with E-state index in [0.29, 0.717) is 19.5 Å². The summed E-state index contributed by atoms with van der Waals surface area (Å²) >= 11 is 0. The van der Waals surface area contributed by atoms with Crippen molar-refractivity contribution in [2.24, 2.45) is 5.73 Å². The van der Waals surface area contributed by atoms with Crippen LogP contribution in [0.3, 0.4) is 0 Å². The summed E-state index contributed by atoms with van der Waals surface area (Å²) in [6, 6.07) is -0.360. The Labute approximate surface area is 77.5 Å². The zero-order chi connectivity index (χ0) is 9.68.